The first kappa shape index (κ1) is 57.6. The fourth-order valence-electron chi connectivity index (χ4n) is 7.43. The molecule has 9 N–H and O–H groups in total. The lowest BCUT2D eigenvalue weighted by atomic mass is 9.97. The molecule has 2 rings (SSSR count). The summed E-state index contributed by atoms with van der Waals surface area (Å²) < 4.78 is 22.5. The highest BCUT2D eigenvalue weighted by Gasteiger charge is 2.51. The molecule has 1 amide bonds. The highest BCUT2D eigenvalue weighted by molar-refractivity contribution is 5.76. The van der Waals surface area contributed by atoms with E-state index in [1.54, 1.807) is 6.08 Å². The second-order valence-electron chi connectivity index (χ2n) is 16.9. The molecular weight excluding hydrogens is 823 g/mol. The molecule has 368 valence electrons. The maximum atomic E-state index is 13.0. The summed E-state index contributed by atoms with van der Waals surface area (Å²) in [5, 5.41) is 86.1. The van der Waals surface area contributed by atoms with Crippen molar-refractivity contribution in [1.29, 1.82) is 0 Å². The summed E-state index contributed by atoms with van der Waals surface area (Å²) in [4.78, 5) is 13.0. The summed E-state index contributed by atoms with van der Waals surface area (Å²) in [5.74, 6) is -0.258. The van der Waals surface area contributed by atoms with Crippen LogP contribution in [0.15, 0.2) is 72.9 Å². The standard InChI is InChI=1S/C50H85NO13/c1-3-5-7-9-10-11-12-13-14-15-16-17-18-19-20-21-22-23-24-25-26-27-28-30-32-34-42(55)51-38(39(54)33-31-29-8-6-4-2)37-61-49-47(60)45(58)48(41(36-53)63-49)64-50-46(59)44(57)43(56)40(35-52)62-50/h5,7,10-11,13-14,16-17,19-20,31,33,38-41,43-50,52-54,56-60H,3-4,6,8-9,12,15,18,21-30,32,34-37H2,1-2H3,(H,51,55)/b7-5-,11-10-,14-13-,17-16-,20-19-,33-31+. The fraction of sp³-hybridized carbons (Fsp3) is 0.740. The molecule has 0 aromatic heterocycles. The smallest absolute Gasteiger partial charge is 0.220 e. The van der Waals surface area contributed by atoms with Gasteiger partial charge in [-0.25, -0.2) is 0 Å². The van der Waals surface area contributed by atoms with Gasteiger partial charge in [-0.1, -0.05) is 145 Å². The van der Waals surface area contributed by atoms with Gasteiger partial charge in [0.25, 0.3) is 0 Å². The Bertz CT molecular complexity index is 1350. The van der Waals surface area contributed by atoms with Crippen LogP contribution < -0.4 is 5.32 Å². The molecule has 12 atom stereocenters. The van der Waals surface area contributed by atoms with Crippen molar-refractivity contribution in [2.24, 2.45) is 0 Å². The molecule has 0 aromatic rings. The molecule has 0 spiro atoms. The third-order valence-electron chi connectivity index (χ3n) is 11.4. The van der Waals surface area contributed by atoms with Crippen LogP contribution in [-0.2, 0) is 23.7 Å². The maximum Gasteiger partial charge on any atom is 0.220 e. The van der Waals surface area contributed by atoms with Gasteiger partial charge in [0, 0.05) is 6.42 Å². The van der Waals surface area contributed by atoms with Crippen LogP contribution in [0.4, 0.5) is 0 Å². The predicted octanol–water partition coefficient (Wildman–Crippen LogP) is 5.65. The molecule has 2 aliphatic rings. The van der Waals surface area contributed by atoms with E-state index in [9.17, 15) is 45.6 Å². The minimum atomic E-state index is -1.79. The van der Waals surface area contributed by atoms with Gasteiger partial charge in [-0.2, -0.15) is 0 Å². The molecule has 0 bridgehead atoms. The van der Waals surface area contributed by atoms with Crippen LogP contribution in [0.5, 0.6) is 0 Å². The first-order valence-electron chi connectivity index (χ1n) is 24.2. The number of aliphatic hydroxyl groups excluding tert-OH is 8. The Morgan fingerprint density at radius 3 is 1.66 bits per heavy atom. The molecule has 0 aromatic carbocycles. The summed E-state index contributed by atoms with van der Waals surface area (Å²) in [6, 6.07) is -0.917. The fourth-order valence-corrected chi connectivity index (χ4v) is 7.43. The zero-order valence-corrected chi connectivity index (χ0v) is 38.7. The van der Waals surface area contributed by atoms with Crippen LogP contribution in [0.2, 0.25) is 0 Å². The number of aliphatic hydroxyl groups is 8. The van der Waals surface area contributed by atoms with Gasteiger partial charge in [0.15, 0.2) is 12.6 Å². The van der Waals surface area contributed by atoms with E-state index in [1.807, 2.05) is 6.08 Å². The number of ether oxygens (including phenoxy) is 4. The van der Waals surface area contributed by atoms with E-state index in [-0.39, 0.29) is 18.9 Å². The Kier molecular flexibility index (Phi) is 32.9. The molecular formula is C50H85NO13. The summed E-state index contributed by atoms with van der Waals surface area (Å²) >= 11 is 0. The monoisotopic (exact) mass is 908 g/mol. The van der Waals surface area contributed by atoms with Crippen molar-refractivity contribution in [3.63, 3.8) is 0 Å². The average molecular weight is 908 g/mol. The van der Waals surface area contributed by atoms with Crippen LogP contribution in [0, 0.1) is 0 Å². The number of amides is 1. The second kappa shape index (κ2) is 36.5. The van der Waals surface area contributed by atoms with Crippen molar-refractivity contribution in [3.8, 4) is 0 Å². The Hall–Kier alpha value is -2.57. The van der Waals surface area contributed by atoms with Gasteiger partial charge in [0.1, 0.15) is 48.8 Å². The molecule has 2 heterocycles. The van der Waals surface area contributed by atoms with E-state index in [2.05, 4.69) is 79.9 Å². The number of carbonyl (C=O) groups excluding carboxylic acids is 1. The number of allylic oxidation sites excluding steroid dienone is 11. The first-order valence-corrected chi connectivity index (χ1v) is 24.2. The van der Waals surface area contributed by atoms with Gasteiger partial charge in [0.2, 0.25) is 5.91 Å². The molecule has 2 aliphatic heterocycles. The van der Waals surface area contributed by atoms with Gasteiger partial charge in [-0.3, -0.25) is 4.79 Å². The summed E-state index contributed by atoms with van der Waals surface area (Å²) in [6.45, 7) is 2.51. The molecule has 14 heteroatoms. The predicted molar refractivity (Wildman–Crippen MR) is 249 cm³/mol. The van der Waals surface area contributed by atoms with Crippen LogP contribution in [-0.4, -0.2) is 140 Å². The zero-order valence-electron chi connectivity index (χ0n) is 38.7. The van der Waals surface area contributed by atoms with Crippen molar-refractivity contribution < 1.29 is 64.6 Å². The lowest BCUT2D eigenvalue weighted by Gasteiger charge is -2.46. The van der Waals surface area contributed by atoms with E-state index in [1.165, 1.54) is 32.1 Å². The Morgan fingerprint density at radius 1 is 0.578 bits per heavy atom. The molecule has 0 aliphatic carbocycles. The van der Waals surface area contributed by atoms with E-state index in [4.69, 9.17) is 18.9 Å². The Balaban J connectivity index is 1.69. The van der Waals surface area contributed by atoms with Crippen molar-refractivity contribution in [2.45, 2.75) is 216 Å². The van der Waals surface area contributed by atoms with Crippen LogP contribution >= 0.6 is 0 Å². The molecule has 0 saturated carbocycles. The molecule has 64 heavy (non-hydrogen) atoms. The zero-order chi connectivity index (χ0) is 46.8. The van der Waals surface area contributed by atoms with Crippen molar-refractivity contribution in [1.82, 2.24) is 5.32 Å². The molecule has 2 saturated heterocycles. The van der Waals surface area contributed by atoms with Crippen LogP contribution in [0.1, 0.15) is 142 Å². The number of rotatable bonds is 35. The Morgan fingerprint density at radius 2 is 1.08 bits per heavy atom. The SMILES string of the molecule is CC/C=C\C/C=C\C/C=C\C/C=C\C/C=C\CCCCCCCCCCCC(=O)NC(COC1OC(CO)C(OC2OC(CO)C(O)C(O)C2O)C(O)C1O)C(O)/C=C/CCCCC. The van der Waals surface area contributed by atoms with E-state index in [0.29, 0.717) is 6.42 Å². The largest absolute Gasteiger partial charge is 0.394 e. The molecule has 14 nitrogen and oxygen atoms in total. The van der Waals surface area contributed by atoms with Gasteiger partial charge in [0.05, 0.1) is 32.0 Å². The first-order chi connectivity index (χ1) is 31.1. The summed E-state index contributed by atoms with van der Waals surface area (Å²) in [6.07, 6.45) is 28.7. The van der Waals surface area contributed by atoms with Crippen molar-refractivity contribution >= 4 is 5.91 Å². The topological polar surface area (TPSA) is 228 Å². The van der Waals surface area contributed by atoms with Crippen molar-refractivity contribution in [3.05, 3.63) is 72.9 Å². The maximum absolute atomic E-state index is 13.0. The van der Waals surface area contributed by atoms with E-state index >= 15 is 0 Å². The quantitative estimate of drug-likeness (QED) is 0.0277. The molecule has 0 radical (unpaired) electrons. The minimum Gasteiger partial charge on any atom is -0.394 e. The van der Waals surface area contributed by atoms with E-state index < -0.39 is 86.8 Å². The highest BCUT2D eigenvalue weighted by Crippen LogP contribution is 2.30. The summed E-state index contributed by atoms with van der Waals surface area (Å²) in [7, 11) is 0. The van der Waals surface area contributed by atoms with Gasteiger partial charge in [-0.15, -0.1) is 0 Å². The normalized spacial score (nSPS) is 27.9. The lowest BCUT2D eigenvalue weighted by Crippen LogP contribution is -2.65. The van der Waals surface area contributed by atoms with E-state index in [0.717, 1.165) is 83.5 Å². The molecule has 2 fully saturated rings. The van der Waals surface area contributed by atoms with Gasteiger partial charge >= 0.3 is 0 Å². The number of hydrogen-bond donors (Lipinski definition) is 9. The third-order valence-corrected chi connectivity index (χ3v) is 11.4. The lowest BCUT2D eigenvalue weighted by molar-refractivity contribution is -0.359. The second-order valence-corrected chi connectivity index (χ2v) is 16.9. The molecule has 12 unspecified atom stereocenters. The third kappa shape index (κ3) is 23.7. The van der Waals surface area contributed by atoms with Gasteiger partial charge < -0.3 is 65.1 Å². The number of hydrogen-bond acceptors (Lipinski definition) is 13. The van der Waals surface area contributed by atoms with Gasteiger partial charge in [-0.05, 0) is 64.2 Å². The summed E-state index contributed by atoms with van der Waals surface area (Å²) in [5.41, 5.74) is 0. The van der Waals surface area contributed by atoms with Crippen LogP contribution in [0.25, 0.3) is 0 Å². The van der Waals surface area contributed by atoms with Crippen molar-refractivity contribution in [2.75, 3.05) is 19.8 Å². The average Bonchev–Trinajstić information content (AvgIpc) is 3.29. The minimum absolute atomic E-state index is 0.258. The Labute approximate surface area is 383 Å². The number of unbranched alkanes of at least 4 members (excludes halogenated alkanes) is 12. The van der Waals surface area contributed by atoms with Crippen LogP contribution in [0.3, 0.4) is 0 Å². The number of nitrogens with one attached hydrogen (secondary N) is 1. The number of carbonyl (C=O) groups is 1. The highest BCUT2D eigenvalue weighted by atomic mass is 16.7.